The first-order valence-corrected chi connectivity index (χ1v) is 11.5. The van der Waals surface area contributed by atoms with E-state index < -0.39 is 10.8 Å². The fourth-order valence-corrected chi connectivity index (χ4v) is 4.93. The van der Waals surface area contributed by atoms with Gasteiger partial charge in [-0.1, -0.05) is 23.5 Å². The Bertz CT molecular complexity index is 1360. The summed E-state index contributed by atoms with van der Waals surface area (Å²) in [7, 11) is 0. The van der Waals surface area contributed by atoms with E-state index in [0.29, 0.717) is 27.2 Å². The SMILES string of the molecule is Cc1nnc2sc(-c3ccccc3NC(=O)c3ccc(N4CCCCC4)c([N+](=O)[O-])c3)nn12. The van der Waals surface area contributed by atoms with E-state index >= 15 is 0 Å². The molecule has 0 aliphatic carbocycles. The van der Waals surface area contributed by atoms with Gasteiger partial charge in [-0.3, -0.25) is 14.9 Å². The second-order valence-corrected chi connectivity index (χ2v) is 8.81. The number of hydrogen-bond acceptors (Lipinski definition) is 8. The Morgan fingerprint density at radius 3 is 2.67 bits per heavy atom. The number of carbonyl (C=O) groups excluding carboxylic acids is 1. The smallest absolute Gasteiger partial charge is 0.293 e. The fraction of sp³-hybridized carbons (Fsp3) is 0.273. The molecule has 1 N–H and O–H groups in total. The topological polar surface area (TPSA) is 119 Å². The molecule has 0 atom stereocenters. The van der Waals surface area contributed by atoms with Crippen LogP contribution in [-0.4, -0.2) is 43.7 Å². The summed E-state index contributed by atoms with van der Waals surface area (Å²) in [6.07, 6.45) is 3.14. The van der Waals surface area contributed by atoms with E-state index in [1.165, 1.54) is 17.4 Å². The molecule has 3 heterocycles. The lowest BCUT2D eigenvalue weighted by Crippen LogP contribution is -2.30. The maximum Gasteiger partial charge on any atom is 0.293 e. The van der Waals surface area contributed by atoms with Crippen molar-refractivity contribution >= 4 is 39.3 Å². The first kappa shape index (κ1) is 21.0. The molecule has 1 aliphatic rings. The molecule has 0 spiro atoms. The number of hydrogen-bond donors (Lipinski definition) is 1. The number of fused-ring (bicyclic) bond motifs is 1. The van der Waals surface area contributed by atoms with Gasteiger partial charge < -0.3 is 10.2 Å². The Labute approximate surface area is 193 Å². The maximum atomic E-state index is 13.0. The minimum Gasteiger partial charge on any atom is -0.366 e. The molecule has 2 aromatic heterocycles. The van der Waals surface area contributed by atoms with Crippen LogP contribution < -0.4 is 10.2 Å². The number of carbonyl (C=O) groups is 1. The summed E-state index contributed by atoms with van der Waals surface area (Å²) in [5.41, 5.74) is 2.04. The highest BCUT2D eigenvalue weighted by molar-refractivity contribution is 7.19. The molecular weight excluding hydrogens is 442 g/mol. The average Bonchev–Trinajstić information content (AvgIpc) is 3.41. The minimum absolute atomic E-state index is 0.0537. The molecule has 1 aliphatic heterocycles. The molecule has 33 heavy (non-hydrogen) atoms. The summed E-state index contributed by atoms with van der Waals surface area (Å²) in [6.45, 7) is 3.38. The highest BCUT2D eigenvalue weighted by atomic mass is 32.1. The summed E-state index contributed by atoms with van der Waals surface area (Å²) >= 11 is 1.36. The van der Waals surface area contributed by atoms with Crippen LogP contribution in [0.15, 0.2) is 42.5 Å². The van der Waals surface area contributed by atoms with E-state index in [2.05, 4.69) is 20.6 Å². The molecule has 1 fully saturated rings. The lowest BCUT2D eigenvalue weighted by molar-refractivity contribution is -0.384. The van der Waals surface area contributed by atoms with Gasteiger partial charge in [-0.2, -0.15) is 9.61 Å². The molecule has 1 amide bonds. The van der Waals surface area contributed by atoms with E-state index in [1.54, 1.807) is 22.7 Å². The second kappa shape index (κ2) is 8.58. The quantitative estimate of drug-likeness (QED) is 0.346. The Morgan fingerprint density at radius 1 is 1.12 bits per heavy atom. The van der Waals surface area contributed by atoms with Crippen LogP contribution in [0.2, 0.25) is 0 Å². The summed E-state index contributed by atoms with van der Waals surface area (Å²) in [6, 6.07) is 12.0. The second-order valence-electron chi connectivity index (χ2n) is 7.86. The molecule has 10 nitrogen and oxygen atoms in total. The van der Waals surface area contributed by atoms with Crippen molar-refractivity contribution in [2.75, 3.05) is 23.3 Å². The van der Waals surface area contributed by atoms with Gasteiger partial charge in [0.25, 0.3) is 11.6 Å². The van der Waals surface area contributed by atoms with Crippen molar-refractivity contribution in [1.29, 1.82) is 0 Å². The van der Waals surface area contributed by atoms with E-state index in [9.17, 15) is 14.9 Å². The Hall–Kier alpha value is -3.86. The highest BCUT2D eigenvalue weighted by Gasteiger charge is 2.24. The van der Waals surface area contributed by atoms with Crippen molar-refractivity contribution in [1.82, 2.24) is 19.8 Å². The van der Waals surface area contributed by atoms with Gasteiger partial charge in [0.15, 0.2) is 5.82 Å². The number of nitrogens with zero attached hydrogens (tertiary/aromatic N) is 6. The number of amides is 1. The average molecular weight is 464 g/mol. The minimum atomic E-state index is -0.421. The molecule has 0 bridgehead atoms. The van der Waals surface area contributed by atoms with Crippen LogP contribution in [0.25, 0.3) is 15.5 Å². The highest BCUT2D eigenvalue weighted by Crippen LogP contribution is 2.34. The lowest BCUT2D eigenvalue weighted by atomic mass is 10.1. The van der Waals surface area contributed by atoms with Gasteiger partial charge in [0.2, 0.25) is 4.96 Å². The van der Waals surface area contributed by atoms with Crippen LogP contribution in [0.4, 0.5) is 17.1 Å². The van der Waals surface area contributed by atoms with Crippen LogP contribution in [0, 0.1) is 17.0 Å². The molecular formula is C22H21N7O3S. The molecule has 4 aromatic rings. The number of aromatic nitrogens is 4. The first-order chi connectivity index (χ1) is 16.0. The number of nitrogens with one attached hydrogen (secondary N) is 1. The zero-order valence-corrected chi connectivity index (χ0v) is 18.7. The molecule has 1 saturated heterocycles. The van der Waals surface area contributed by atoms with Gasteiger partial charge in [-0.25, -0.2) is 0 Å². The van der Waals surface area contributed by atoms with Gasteiger partial charge in [-0.05, 0) is 50.5 Å². The monoisotopic (exact) mass is 463 g/mol. The molecule has 5 rings (SSSR count). The van der Waals surface area contributed by atoms with Crippen molar-refractivity contribution in [2.24, 2.45) is 0 Å². The van der Waals surface area contributed by atoms with Crippen LogP contribution in [0.1, 0.15) is 35.4 Å². The van der Waals surface area contributed by atoms with Crippen LogP contribution in [-0.2, 0) is 0 Å². The third-order valence-corrected chi connectivity index (χ3v) is 6.62. The van der Waals surface area contributed by atoms with Crippen LogP contribution in [0.3, 0.4) is 0 Å². The predicted molar refractivity (Wildman–Crippen MR) is 126 cm³/mol. The van der Waals surface area contributed by atoms with Gasteiger partial charge in [-0.15, -0.1) is 10.2 Å². The predicted octanol–water partition coefficient (Wildman–Crippen LogP) is 4.31. The third-order valence-electron chi connectivity index (χ3n) is 5.68. The van der Waals surface area contributed by atoms with Crippen LogP contribution in [0.5, 0.6) is 0 Å². The number of para-hydroxylation sites is 1. The van der Waals surface area contributed by atoms with Crippen molar-refractivity contribution in [2.45, 2.75) is 26.2 Å². The number of benzene rings is 2. The third kappa shape index (κ3) is 4.02. The van der Waals surface area contributed by atoms with Crippen molar-refractivity contribution in [3.05, 3.63) is 64.0 Å². The number of aryl methyl sites for hydroxylation is 1. The van der Waals surface area contributed by atoms with Gasteiger partial charge >= 0.3 is 0 Å². The number of nitro benzene ring substituents is 1. The Morgan fingerprint density at radius 2 is 1.91 bits per heavy atom. The molecule has 168 valence electrons. The number of piperidine rings is 1. The van der Waals surface area contributed by atoms with E-state index in [4.69, 9.17) is 0 Å². The molecule has 0 unspecified atom stereocenters. The van der Waals surface area contributed by atoms with Crippen molar-refractivity contribution < 1.29 is 9.72 Å². The maximum absolute atomic E-state index is 13.0. The van der Waals surface area contributed by atoms with Crippen molar-refractivity contribution in [3.63, 3.8) is 0 Å². The number of anilines is 2. The van der Waals surface area contributed by atoms with Crippen LogP contribution >= 0.6 is 11.3 Å². The zero-order valence-electron chi connectivity index (χ0n) is 17.9. The summed E-state index contributed by atoms with van der Waals surface area (Å²) in [4.78, 5) is 27.1. The lowest BCUT2D eigenvalue weighted by Gasteiger charge is -2.28. The summed E-state index contributed by atoms with van der Waals surface area (Å²) in [5.74, 6) is 0.255. The summed E-state index contributed by atoms with van der Waals surface area (Å²) in [5, 5.41) is 28.0. The molecule has 11 heteroatoms. The molecule has 0 saturated carbocycles. The zero-order chi connectivity index (χ0) is 22.9. The summed E-state index contributed by atoms with van der Waals surface area (Å²) < 4.78 is 1.65. The van der Waals surface area contributed by atoms with E-state index in [0.717, 1.165) is 37.9 Å². The number of rotatable bonds is 5. The van der Waals surface area contributed by atoms with Gasteiger partial charge in [0.1, 0.15) is 10.7 Å². The largest absolute Gasteiger partial charge is 0.366 e. The van der Waals surface area contributed by atoms with Crippen molar-refractivity contribution in [3.8, 4) is 10.6 Å². The standard InChI is InChI=1S/C22H21N7O3S/c1-14-24-25-22-28(14)26-21(33-22)16-7-3-4-8-17(16)23-20(30)15-9-10-18(19(13-15)29(31)32)27-11-5-2-6-12-27/h3-4,7-10,13H,2,5-6,11-12H2,1H3,(H,23,30). The number of nitro groups is 1. The Balaban J connectivity index is 1.44. The molecule has 2 aromatic carbocycles. The van der Waals surface area contributed by atoms with E-state index in [1.807, 2.05) is 30.0 Å². The Kier molecular flexibility index (Phi) is 5.47. The normalized spacial score (nSPS) is 13.9. The van der Waals surface area contributed by atoms with E-state index in [-0.39, 0.29) is 11.3 Å². The van der Waals surface area contributed by atoms with Gasteiger partial charge in [0, 0.05) is 30.3 Å². The van der Waals surface area contributed by atoms with Gasteiger partial charge in [0.05, 0.1) is 10.6 Å². The first-order valence-electron chi connectivity index (χ1n) is 10.6. The molecule has 0 radical (unpaired) electrons. The fourth-order valence-electron chi connectivity index (χ4n) is 4.01.